The van der Waals surface area contributed by atoms with Gasteiger partial charge in [0.1, 0.15) is 6.10 Å². The third-order valence-electron chi connectivity index (χ3n) is 3.26. The van der Waals surface area contributed by atoms with E-state index in [-0.39, 0.29) is 24.5 Å². The Morgan fingerprint density at radius 2 is 1.82 bits per heavy atom. The Morgan fingerprint density at radius 1 is 1.00 bits per heavy atom. The Labute approximate surface area is 101 Å². The summed E-state index contributed by atoms with van der Waals surface area (Å²) in [5, 5.41) is 0. The largest absolute Gasteiger partial charge is 0.371 e. The van der Waals surface area contributed by atoms with Crippen LogP contribution >= 0.6 is 0 Å². The molecule has 0 bridgehead atoms. The van der Waals surface area contributed by atoms with Crippen LogP contribution in [-0.4, -0.2) is 31.5 Å². The molecule has 92 valence electrons. The summed E-state index contributed by atoms with van der Waals surface area (Å²) in [4.78, 5) is 0. The van der Waals surface area contributed by atoms with Crippen molar-refractivity contribution in [3.05, 3.63) is 35.9 Å². The normalized spacial score (nSPS) is 37.5. The highest BCUT2D eigenvalue weighted by Gasteiger charge is 2.37. The molecule has 2 saturated heterocycles. The van der Waals surface area contributed by atoms with Crippen molar-refractivity contribution in [3.8, 4) is 0 Å². The molecule has 0 amide bonds. The highest BCUT2D eigenvalue weighted by atomic mass is 16.7. The lowest BCUT2D eigenvalue weighted by Gasteiger charge is -2.41. The molecule has 4 unspecified atom stereocenters. The van der Waals surface area contributed by atoms with Crippen LogP contribution in [0.1, 0.15) is 18.3 Å². The number of benzene rings is 1. The number of ether oxygens (including phenoxy) is 3. The van der Waals surface area contributed by atoms with Gasteiger partial charge in [-0.15, -0.1) is 0 Å². The molecule has 17 heavy (non-hydrogen) atoms. The van der Waals surface area contributed by atoms with Crippen LogP contribution in [0, 0.1) is 0 Å². The van der Waals surface area contributed by atoms with Gasteiger partial charge >= 0.3 is 0 Å². The minimum absolute atomic E-state index is 0.0368. The molecule has 2 fully saturated rings. The van der Waals surface area contributed by atoms with E-state index in [1.165, 1.54) is 0 Å². The summed E-state index contributed by atoms with van der Waals surface area (Å²) in [7, 11) is 0. The molecule has 2 aliphatic heterocycles. The van der Waals surface area contributed by atoms with E-state index in [2.05, 4.69) is 0 Å². The van der Waals surface area contributed by atoms with Gasteiger partial charge in [0.25, 0.3) is 0 Å². The molecular weight excluding hydrogens is 218 g/mol. The van der Waals surface area contributed by atoms with Crippen molar-refractivity contribution in [3.63, 3.8) is 0 Å². The van der Waals surface area contributed by atoms with Crippen molar-refractivity contribution in [1.29, 1.82) is 0 Å². The van der Waals surface area contributed by atoms with Crippen molar-refractivity contribution < 1.29 is 14.2 Å². The third kappa shape index (κ3) is 2.35. The van der Waals surface area contributed by atoms with Crippen molar-refractivity contribution in [1.82, 2.24) is 0 Å². The van der Waals surface area contributed by atoms with E-state index in [9.17, 15) is 0 Å². The summed E-state index contributed by atoms with van der Waals surface area (Å²) in [6, 6.07) is 10.0. The second kappa shape index (κ2) is 4.74. The van der Waals surface area contributed by atoms with Crippen LogP contribution in [0.3, 0.4) is 0 Å². The fourth-order valence-corrected chi connectivity index (χ4v) is 2.34. The van der Waals surface area contributed by atoms with E-state index in [4.69, 9.17) is 19.9 Å². The Balaban J connectivity index is 1.70. The Morgan fingerprint density at radius 3 is 2.65 bits per heavy atom. The molecule has 0 aliphatic carbocycles. The molecule has 0 spiro atoms. The molecule has 2 N–H and O–H groups in total. The quantitative estimate of drug-likeness (QED) is 0.795. The lowest BCUT2D eigenvalue weighted by molar-refractivity contribution is -0.279. The predicted molar refractivity (Wildman–Crippen MR) is 62.3 cm³/mol. The molecule has 4 heteroatoms. The number of hydrogen-bond donors (Lipinski definition) is 1. The van der Waals surface area contributed by atoms with E-state index in [0.29, 0.717) is 13.2 Å². The minimum atomic E-state index is -0.286. The highest BCUT2D eigenvalue weighted by Crippen LogP contribution is 2.31. The summed E-state index contributed by atoms with van der Waals surface area (Å²) in [6.07, 6.45) is 0.649. The van der Waals surface area contributed by atoms with Gasteiger partial charge in [-0.3, -0.25) is 0 Å². The number of nitrogens with two attached hydrogens (primary N) is 1. The average Bonchev–Trinajstić information content (AvgIpc) is 2.39. The summed E-state index contributed by atoms with van der Waals surface area (Å²) < 4.78 is 17.2. The van der Waals surface area contributed by atoms with Crippen molar-refractivity contribution in [2.75, 3.05) is 13.2 Å². The van der Waals surface area contributed by atoms with Gasteiger partial charge in [-0.05, 0) is 6.42 Å². The zero-order valence-electron chi connectivity index (χ0n) is 9.62. The second-order valence-electron chi connectivity index (χ2n) is 4.62. The first-order valence-electron chi connectivity index (χ1n) is 6.02. The summed E-state index contributed by atoms with van der Waals surface area (Å²) in [5.41, 5.74) is 6.93. The monoisotopic (exact) mass is 235 g/mol. The molecule has 0 aromatic heterocycles. The summed E-state index contributed by atoms with van der Waals surface area (Å²) >= 11 is 0. The van der Waals surface area contributed by atoms with Gasteiger partial charge in [-0.25, -0.2) is 0 Å². The average molecular weight is 235 g/mol. The zero-order valence-corrected chi connectivity index (χ0v) is 9.62. The van der Waals surface area contributed by atoms with Gasteiger partial charge in [0.05, 0.1) is 19.3 Å². The van der Waals surface area contributed by atoms with Gasteiger partial charge in [0.2, 0.25) is 0 Å². The van der Waals surface area contributed by atoms with Gasteiger partial charge in [0, 0.05) is 11.6 Å². The third-order valence-corrected chi connectivity index (χ3v) is 3.26. The van der Waals surface area contributed by atoms with Crippen LogP contribution in [-0.2, 0) is 14.2 Å². The fraction of sp³-hybridized carbons (Fsp3) is 0.538. The van der Waals surface area contributed by atoms with Crippen LogP contribution in [0.5, 0.6) is 0 Å². The molecular formula is C13H17NO3. The van der Waals surface area contributed by atoms with Crippen LogP contribution in [0.15, 0.2) is 30.3 Å². The number of rotatable bonds is 1. The van der Waals surface area contributed by atoms with E-state index in [1.807, 2.05) is 30.3 Å². The summed E-state index contributed by atoms with van der Waals surface area (Å²) in [6.45, 7) is 1.18. The maximum Gasteiger partial charge on any atom is 0.184 e. The second-order valence-corrected chi connectivity index (χ2v) is 4.62. The molecule has 0 radical (unpaired) electrons. The van der Waals surface area contributed by atoms with Gasteiger partial charge < -0.3 is 19.9 Å². The standard InChI is InChI=1S/C13H17NO3/c14-10-6-11-12(15-7-10)8-16-13(17-11)9-4-2-1-3-5-9/h1-5,10-13H,6-8,14H2. The lowest BCUT2D eigenvalue weighted by atomic mass is 10.0. The van der Waals surface area contributed by atoms with Crippen molar-refractivity contribution >= 4 is 0 Å². The topological polar surface area (TPSA) is 53.7 Å². The summed E-state index contributed by atoms with van der Waals surface area (Å²) in [5.74, 6) is 0. The first-order valence-corrected chi connectivity index (χ1v) is 6.02. The van der Waals surface area contributed by atoms with Gasteiger partial charge in [0.15, 0.2) is 6.29 Å². The first kappa shape index (κ1) is 11.2. The molecule has 4 nitrogen and oxygen atoms in total. The van der Waals surface area contributed by atoms with Gasteiger partial charge in [-0.2, -0.15) is 0 Å². The zero-order chi connectivity index (χ0) is 11.7. The molecule has 1 aromatic carbocycles. The fourth-order valence-electron chi connectivity index (χ4n) is 2.34. The maximum atomic E-state index is 5.92. The van der Waals surface area contributed by atoms with Gasteiger partial charge in [-0.1, -0.05) is 30.3 Å². The van der Waals surface area contributed by atoms with E-state index >= 15 is 0 Å². The first-order chi connectivity index (χ1) is 8.33. The molecule has 2 heterocycles. The SMILES string of the molecule is NC1COC2COC(c3ccccc3)OC2C1. The minimum Gasteiger partial charge on any atom is -0.371 e. The highest BCUT2D eigenvalue weighted by molar-refractivity contribution is 5.16. The number of fused-ring (bicyclic) bond motifs is 1. The van der Waals surface area contributed by atoms with Crippen LogP contribution in [0.25, 0.3) is 0 Å². The molecule has 2 aliphatic rings. The van der Waals surface area contributed by atoms with Crippen molar-refractivity contribution in [2.45, 2.75) is 31.0 Å². The molecule has 4 atom stereocenters. The van der Waals surface area contributed by atoms with Crippen LogP contribution in [0.2, 0.25) is 0 Å². The van der Waals surface area contributed by atoms with E-state index in [1.54, 1.807) is 0 Å². The Bertz CT molecular complexity index is 370. The van der Waals surface area contributed by atoms with E-state index in [0.717, 1.165) is 12.0 Å². The number of hydrogen-bond acceptors (Lipinski definition) is 4. The van der Waals surface area contributed by atoms with Crippen LogP contribution in [0.4, 0.5) is 0 Å². The molecule has 0 saturated carbocycles. The predicted octanol–water partition coefficient (Wildman–Crippen LogP) is 1.22. The Hall–Kier alpha value is -0.940. The smallest absolute Gasteiger partial charge is 0.184 e. The van der Waals surface area contributed by atoms with E-state index < -0.39 is 0 Å². The molecule has 3 rings (SSSR count). The van der Waals surface area contributed by atoms with Crippen LogP contribution < -0.4 is 5.73 Å². The molecule has 1 aromatic rings. The lowest BCUT2D eigenvalue weighted by Crippen LogP contribution is -2.51. The maximum absolute atomic E-state index is 5.92. The van der Waals surface area contributed by atoms with Crippen molar-refractivity contribution in [2.24, 2.45) is 5.73 Å². The Kier molecular flexibility index (Phi) is 3.11.